The van der Waals surface area contributed by atoms with Crippen LogP contribution in [0.3, 0.4) is 0 Å². The highest BCUT2D eigenvalue weighted by molar-refractivity contribution is 9.10. The molecule has 88 valence electrons. The highest BCUT2D eigenvalue weighted by atomic mass is 79.9. The molecule has 3 heterocycles. The van der Waals surface area contributed by atoms with Gasteiger partial charge >= 0.3 is 0 Å². The van der Waals surface area contributed by atoms with Crippen molar-refractivity contribution in [2.75, 3.05) is 11.5 Å². The van der Waals surface area contributed by atoms with Crippen LogP contribution in [-0.2, 0) is 17.9 Å². The van der Waals surface area contributed by atoms with E-state index in [9.17, 15) is 4.39 Å². The Balaban J connectivity index is 2.04. The Bertz CT molecular complexity index is 557. The molecule has 0 spiro atoms. The predicted molar refractivity (Wildman–Crippen MR) is 63.9 cm³/mol. The van der Waals surface area contributed by atoms with Crippen LogP contribution in [0, 0.1) is 0 Å². The number of fused-ring (bicyclic) bond motifs is 1. The van der Waals surface area contributed by atoms with E-state index in [-0.39, 0.29) is 5.83 Å². The molecular weight excluding hydrogens is 289 g/mol. The van der Waals surface area contributed by atoms with Crippen LogP contribution in [0.2, 0.25) is 0 Å². The minimum atomic E-state index is -0.346. The molecule has 2 aliphatic rings. The standard InChI is InChI=1S/C11H9BrFN3O/c12-10-9-7-17-5-4-16(9)14-11(10)15-3-1-2-8(13)6-15/h2-3,6H,4-5,7H2. The molecule has 0 bridgehead atoms. The van der Waals surface area contributed by atoms with Crippen LogP contribution in [0.15, 0.2) is 34.5 Å². The summed E-state index contributed by atoms with van der Waals surface area (Å²) >= 11 is 3.48. The van der Waals surface area contributed by atoms with Gasteiger partial charge in [0, 0.05) is 12.3 Å². The zero-order valence-electron chi connectivity index (χ0n) is 8.86. The van der Waals surface area contributed by atoms with Gasteiger partial charge in [-0.1, -0.05) is 5.73 Å². The summed E-state index contributed by atoms with van der Waals surface area (Å²) in [5, 5.41) is 4.43. The van der Waals surface area contributed by atoms with E-state index >= 15 is 0 Å². The third kappa shape index (κ3) is 1.84. The van der Waals surface area contributed by atoms with Crippen molar-refractivity contribution in [1.29, 1.82) is 0 Å². The summed E-state index contributed by atoms with van der Waals surface area (Å²) in [7, 11) is 0. The van der Waals surface area contributed by atoms with E-state index in [2.05, 4.69) is 26.8 Å². The van der Waals surface area contributed by atoms with Gasteiger partial charge in [-0.3, -0.25) is 9.58 Å². The lowest BCUT2D eigenvalue weighted by atomic mass is 10.3. The molecule has 6 heteroatoms. The Kier molecular flexibility index (Phi) is 2.63. The van der Waals surface area contributed by atoms with E-state index in [1.165, 1.54) is 12.3 Å². The molecule has 0 fully saturated rings. The minimum absolute atomic E-state index is 0.346. The van der Waals surface area contributed by atoms with Crippen molar-refractivity contribution < 1.29 is 9.13 Å². The number of allylic oxidation sites excluding steroid dienone is 2. The number of hydrogen-bond donors (Lipinski definition) is 0. The second-order valence-electron chi connectivity index (χ2n) is 3.72. The number of aromatic nitrogens is 2. The number of halogens is 2. The van der Waals surface area contributed by atoms with E-state index < -0.39 is 0 Å². The molecule has 0 amide bonds. The summed E-state index contributed by atoms with van der Waals surface area (Å²) in [5.74, 6) is 0.308. The molecule has 2 aliphatic heterocycles. The van der Waals surface area contributed by atoms with Crippen LogP contribution in [0.4, 0.5) is 10.2 Å². The lowest BCUT2D eigenvalue weighted by Crippen LogP contribution is -2.17. The number of hydrogen-bond acceptors (Lipinski definition) is 3. The maximum absolute atomic E-state index is 13.1. The molecule has 1 aromatic heterocycles. The Labute approximate surface area is 106 Å². The van der Waals surface area contributed by atoms with Crippen LogP contribution >= 0.6 is 15.9 Å². The summed E-state index contributed by atoms with van der Waals surface area (Å²) in [4.78, 5) is 1.60. The molecule has 4 nitrogen and oxygen atoms in total. The van der Waals surface area contributed by atoms with Crippen molar-refractivity contribution in [3.8, 4) is 0 Å². The maximum Gasteiger partial charge on any atom is 0.174 e. The van der Waals surface area contributed by atoms with Crippen molar-refractivity contribution in [1.82, 2.24) is 9.78 Å². The lowest BCUT2D eigenvalue weighted by Gasteiger charge is -2.13. The molecule has 0 saturated heterocycles. The van der Waals surface area contributed by atoms with Gasteiger partial charge in [0.25, 0.3) is 0 Å². The Hall–Kier alpha value is -1.36. The fourth-order valence-corrected chi connectivity index (χ4v) is 2.40. The van der Waals surface area contributed by atoms with Crippen molar-refractivity contribution in [3.63, 3.8) is 0 Å². The monoisotopic (exact) mass is 297 g/mol. The number of anilines is 1. The quantitative estimate of drug-likeness (QED) is 0.746. The molecule has 0 saturated carbocycles. The first-order valence-corrected chi connectivity index (χ1v) is 5.96. The van der Waals surface area contributed by atoms with Crippen LogP contribution in [0.5, 0.6) is 0 Å². The zero-order valence-corrected chi connectivity index (χ0v) is 10.4. The summed E-state index contributed by atoms with van der Waals surface area (Å²) in [6.07, 6.45) is 4.29. The van der Waals surface area contributed by atoms with Crippen molar-refractivity contribution in [3.05, 3.63) is 40.2 Å². The summed E-state index contributed by atoms with van der Waals surface area (Å²) in [6, 6.07) is 0. The zero-order chi connectivity index (χ0) is 11.8. The van der Waals surface area contributed by atoms with E-state index in [4.69, 9.17) is 4.74 Å². The molecule has 0 N–H and O–H groups in total. The van der Waals surface area contributed by atoms with Gasteiger partial charge in [-0.15, -0.1) is 0 Å². The highest BCUT2D eigenvalue weighted by Gasteiger charge is 2.22. The Morgan fingerprint density at radius 1 is 1.53 bits per heavy atom. The average Bonchev–Trinajstić information content (AvgIpc) is 2.68. The molecule has 0 aliphatic carbocycles. The molecule has 0 radical (unpaired) electrons. The van der Waals surface area contributed by atoms with Crippen molar-refractivity contribution >= 4 is 21.7 Å². The van der Waals surface area contributed by atoms with Gasteiger partial charge in [-0.05, 0) is 15.9 Å². The van der Waals surface area contributed by atoms with Crippen molar-refractivity contribution in [2.45, 2.75) is 13.2 Å². The SMILES string of the molecule is FC1=CN(c2nn3c(c2Br)COCC3)C=C=C1. The Morgan fingerprint density at radius 2 is 2.41 bits per heavy atom. The first-order chi connectivity index (χ1) is 8.25. The molecule has 17 heavy (non-hydrogen) atoms. The van der Waals surface area contributed by atoms with E-state index in [1.54, 1.807) is 11.1 Å². The van der Waals surface area contributed by atoms with E-state index in [0.717, 1.165) is 10.2 Å². The second-order valence-corrected chi connectivity index (χ2v) is 4.51. The fraction of sp³-hybridized carbons (Fsp3) is 0.273. The molecule has 0 atom stereocenters. The first-order valence-electron chi connectivity index (χ1n) is 5.17. The van der Waals surface area contributed by atoms with E-state index in [1.807, 2.05) is 4.68 Å². The molecular formula is C11H9BrFN3O. The highest BCUT2D eigenvalue weighted by Crippen LogP contribution is 2.32. The van der Waals surface area contributed by atoms with Gasteiger partial charge in [0.2, 0.25) is 0 Å². The normalized spacial score (nSPS) is 18.2. The number of rotatable bonds is 1. The fourth-order valence-electron chi connectivity index (χ4n) is 1.80. The molecule has 1 aromatic rings. The van der Waals surface area contributed by atoms with Crippen molar-refractivity contribution in [2.24, 2.45) is 0 Å². The van der Waals surface area contributed by atoms with Gasteiger partial charge in [-0.2, -0.15) is 5.10 Å². The number of nitrogens with zero attached hydrogens (tertiary/aromatic N) is 3. The van der Waals surface area contributed by atoms with Crippen LogP contribution in [0.25, 0.3) is 0 Å². The topological polar surface area (TPSA) is 30.3 Å². The first kappa shape index (κ1) is 10.8. The van der Waals surface area contributed by atoms with Crippen LogP contribution in [0.1, 0.15) is 5.69 Å². The van der Waals surface area contributed by atoms with Gasteiger partial charge in [0.15, 0.2) is 5.82 Å². The summed E-state index contributed by atoms with van der Waals surface area (Å²) < 4.78 is 21.2. The Morgan fingerprint density at radius 3 is 3.18 bits per heavy atom. The van der Waals surface area contributed by atoms with E-state index in [0.29, 0.717) is 25.6 Å². The third-order valence-electron chi connectivity index (χ3n) is 2.60. The lowest BCUT2D eigenvalue weighted by molar-refractivity contribution is 0.0796. The van der Waals surface area contributed by atoms with Crippen LogP contribution in [-0.4, -0.2) is 16.4 Å². The largest absolute Gasteiger partial charge is 0.373 e. The summed E-state index contributed by atoms with van der Waals surface area (Å²) in [5.41, 5.74) is 3.70. The number of ether oxygens (including phenoxy) is 1. The minimum Gasteiger partial charge on any atom is -0.373 e. The molecule has 0 unspecified atom stereocenters. The van der Waals surface area contributed by atoms with Crippen LogP contribution < -0.4 is 4.90 Å². The average molecular weight is 298 g/mol. The smallest absolute Gasteiger partial charge is 0.174 e. The molecule has 0 aromatic carbocycles. The van der Waals surface area contributed by atoms with Gasteiger partial charge in [0.1, 0.15) is 5.83 Å². The van der Waals surface area contributed by atoms with Gasteiger partial charge in [-0.25, -0.2) is 4.39 Å². The molecule has 3 rings (SSSR count). The second kappa shape index (κ2) is 4.14. The predicted octanol–water partition coefficient (Wildman–Crippen LogP) is 2.48. The maximum atomic E-state index is 13.1. The van der Waals surface area contributed by atoms with Gasteiger partial charge in [0.05, 0.1) is 36.1 Å². The summed E-state index contributed by atoms with van der Waals surface area (Å²) in [6.45, 7) is 1.89. The van der Waals surface area contributed by atoms with Gasteiger partial charge < -0.3 is 4.74 Å². The third-order valence-corrected chi connectivity index (χ3v) is 3.42.